The molecular weight excluding hydrogens is 336 g/mol. The van der Waals surface area contributed by atoms with Crippen LogP contribution >= 0.6 is 11.6 Å². The number of ether oxygens (including phenoxy) is 1. The van der Waals surface area contributed by atoms with Gasteiger partial charge in [0.25, 0.3) is 5.91 Å². The molecule has 1 fully saturated rings. The number of anilines is 2. The average Bonchev–Trinajstić information content (AvgIpc) is 2.62. The van der Waals surface area contributed by atoms with Crippen LogP contribution in [0.1, 0.15) is 26.2 Å². The summed E-state index contributed by atoms with van der Waals surface area (Å²) in [4.78, 5) is 14.4. The van der Waals surface area contributed by atoms with Crippen LogP contribution in [0, 0.1) is 0 Å². The van der Waals surface area contributed by atoms with E-state index in [0.29, 0.717) is 16.8 Å². The Bertz CT molecular complexity index is 701. The normalized spacial score (nSPS) is 17.2. The predicted molar refractivity (Wildman–Crippen MR) is 103 cm³/mol. The third-order valence-corrected chi connectivity index (χ3v) is 4.72. The largest absolute Gasteiger partial charge is 0.484 e. The van der Waals surface area contributed by atoms with E-state index in [1.807, 2.05) is 12.1 Å². The topological polar surface area (TPSA) is 41.6 Å². The Morgan fingerprint density at radius 2 is 1.88 bits per heavy atom. The van der Waals surface area contributed by atoms with E-state index >= 15 is 0 Å². The second-order valence-electron chi connectivity index (χ2n) is 6.38. The highest BCUT2D eigenvalue weighted by molar-refractivity contribution is 6.30. The zero-order chi connectivity index (χ0) is 17.6. The van der Waals surface area contributed by atoms with Crippen molar-refractivity contribution in [2.45, 2.75) is 32.2 Å². The number of nitrogens with one attached hydrogen (secondary N) is 1. The van der Waals surface area contributed by atoms with Crippen molar-refractivity contribution in [3.05, 3.63) is 53.6 Å². The van der Waals surface area contributed by atoms with E-state index in [-0.39, 0.29) is 12.5 Å². The van der Waals surface area contributed by atoms with E-state index in [9.17, 15) is 4.79 Å². The molecule has 5 heteroatoms. The quantitative estimate of drug-likeness (QED) is 0.839. The maximum Gasteiger partial charge on any atom is 0.262 e. The Kier molecular flexibility index (Phi) is 5.82. The molecule has 0 spiro atoms. The lowest BCUT2D eigenvalue weighted by molar-refractivity contribution is -0.118. The summed E-state index contributed by atoms with van der Waals surface area (Å²) in [5.41, 5.74) is 1.99. The van der Waals surface area contributed by atoms with E-state index in [2.05, 4.69) is 29.3 Å². The van der Waals surface area contributed by atoms with Crippen LogP contribution in [-0.2, 0) is 4.79 Å². The molecule has 1 amide bonds. The highest BCUT2D eigenvalue weighted by Gasteiger charge is 2.18. The number of hydrogen-bond acceptors (Lipinski definition) is 3. The first-order chi connectivity index (χ1) is 12.1. The van der Waals surface area contributed by atoms with Gasteiger partial charge >= 0.3 is 0 Å². The minimum Gasteiger partial charge on any atom is -0.484 e. The molecule has 4 nitrogen and oxygen atoms in total. The second-order valence-corrected chi connectivity index (χ2v) is 6.81. The second kappa shape index (κ2) is 8.26. The molecule has 0 radical (unpaired) electrons. The fourth-order valence-corrected chi connectivity index (χ4v) is 3.22. The van der Waals surface area contributed by atoms with Gasteiger partial charge in [0.15, 0.2) is 6.61 Å². The van der Waals surface area contributed by atoms with Gasteiger partial charge in [0.05, 0.1) is 0 Å². The van der Waals surface area contributed by atoms with Crippen molar-refractivity contribution in [2.75, 3.05) is 23.4 Å². The monoisotopic (exact) mass is 358 g/mol. The molecule has 1 aliphatic rings. The maximum absolute atomic E-state index is 12.0. The highest BCUT2D eigenvalue weighted by atomic mass is 35.5. The Labute approximate surface area is 153 Å². The van der Waals surface area contributed by atoms with Gasteiger partial charge in [-0.3, -0.25) is 4.79 Å². The number of halogens is 1. The van der Waals surface area contributed by atoms with Gasteiger partial charge in [-0.2, -0.15) is 0 Å². The number of nitrogens with zero attached hydrogens (tertiary/aromatic N) is 1. The number of carbonyl (C=O) groups is 1. The number of carbonyl (C=O) groups excluding carboxylic acids is 1. The van der Waals surface area contributed by atoms with Gasteiger partial charge in [0.2, 0.25) is 0 Å². The molecule has 1 N–H and O–H groups in total. The smallest absolute Gasteiger partial charge is 0.262 e. The zero-order valence-electron chi connectivity index (χ0n) is 14.4. The molecule has 0 aliphatic carbocycles. The van der Waals surface area contributed by atoms with Crippen LogP contribution in [0.4, 0.5) is 11.4 Å². The Hall–Kier alpha value is -2.20. The highest BCUT2D eigenvalue weighted by Crippen LogP contribution is 2.25. The SMILES string of the molecule is C[C@@H]1CCCCN1c1ccc(NC(=O)COc2ccc(Cl)cc2)cc1. The van der Waals surface area contributed by atoms with Gasteiger partial charge in [0, 0.05) is 29.0 Å². The van der Waals surface area contributed by atoms with E-state index in [1.54, 1.807) is 24.3 Å². The summed E-state index contributed by atoms with van der Waals surface area (Å²) >= 11 is 5.82. The van der Waals surface area contributed by atoms with Crippen LogP contribution < -0.4 is 15.0 Å². The number of amides is 1. The fourth-order valence-electron chi connectivity index (χ4n) is 3.09. The summed E-state index contributed by atoms with van der Waals surface area (Å²) in [6, 6.07) is 15.5. The predicted octanol–water partition coefficient (Wildman–Crippen LogP) is 4.74. The summed E-state index contributed by atoms with van der Waals surface area (Å²) in [7, 11) is 0. The van der Waals surface area contributed by atoms with Crippen molar-refractivity contribution in [2.24, 2.45) is 0 Å². The summed E-state index contributed by atoms with van der Waals surface area (Å²) in [5, 5.41) is 3.50. The summed E-state index contributed by atoms with van der Waals surface area (Å²) in [5.74, 6) is 0.433. The third-order valence-electron chi connectivity index (χ3n) is 4.47. The van der Waals surface area contributed by atoms with Crippen LogP contribution in [0.15, 0.2) is 48.5 Å². The van der Waals surface area contributed by atoms with E-state index in [4.69, 9.17) is 16.3 Å². The molecule has 3 rings (SSSR count). The minimum atomic E-state index is -0.186. The van der Waals surface area contributed by atoms with Crippen LogP contribution in [0.25, 0.3) is 0 Å². The van der Waals surface area contributed by atoms with Crippen LogP contribution in [0.2, 0.25) is 5.02 Å². The number of rotatable bonds is 5. The van der Waals surface area contributed by atoms with Gasteiger partial charge in [-0.15, -0.1) is 0 Å². The molecule has 1 atom stereocenters. The average molecular weight is 359 g/mol. The van der Waals surface area contributed by atoms with Crippen LogP contribution in [0.3, 0.4) is 0 Å². The summed E-state index contributed by atoms with van der Waals surface area (Å²) < 4.78 is 5.45. The van der Waals surface area contributed by atoms with Crippen molar-refractivity contribution in [1.82, 2.24) is 0 Å². The molecule has 0 unspecified atom stereocenters. The van der Waals surface area contributed by atoms with Crippen molar-refractivity contribution in [3.8, 4) is 5.75 Å². The molecule has 1 aliphatic heterocycles. The van der Waals surface area contributed by atoms with E-state index in [1.165, 1.54) is 24.9 Å². The summed E-state index contributed by atoms with van der Waals surface area (Å²) in [6.45, 7) is 3.33. The van der Waals surface area contributed by atoms with E-state index < -0.39 is 0 Å². The van der Waals surface area contributed by atoms with Gasteiger partial charge in [0.1, 0.15) is 5.75 Å². The first-order valence-electron chi connectivity index (χ1n) is 8.67. The van der Waals surface area contributed by atoms with Crippen LogP contribution in [-0.4, -0.2) is 25.1 Å². The molecule has 2 aromatic rings. The molecule has 2 aromatic carbocycles. The fraction of sp³-hybridized carbons (Fsp3) is 0.350. The van der Waals surface area contributed by atoms with Gasteiger partial charge < -0.3 is 15.0 Å². The molecular formula is C20H23ClN2O2. The van der Waals surface area contributed by atoms with E-state index in [0.717, 1.165) is 12.2 Å². The van der Waals surface area contributed by atoms with Crippen molar-refractivity contribution in [3.63, 3.8) is 0 Å². The zero-order valence-corrected chi connectivity index (χ0v) is 15.1. The molecule has 1 saturated heterocycles. The Morgan fingerprint density at radius 3 is 2.56 bits per heavy atom. The van der Waals surface area contributed by atoms with Crippen molar-refractivity contribution in [1.29, 1.82) is 0 Å². The molecule has 0 bridgehead atoms. The molecule has 25 heavy (non-hydrogen) atoms. The number of benzene rings is 2. The first-order valence-corrected chi connectivity index (χ1v) is 9.04. The maximum atomic E-state index is 12.0. The third kappa shape index (κ3) is 4.89. The molecule has 0 saturated carbocycles. The van der Waals surface area contributed by atoms with Crippen molar-refractivity contribution < 1.29 is 9.53 Å². The van der Waals surface area contributed by atoms with Crippen molar-refractivity contribution >= 4 is 28.9 Å². The standard InChI is InChI=1S/C20H23ClN2O2/c1-15-4-2-3-13-23(15)18-9-7-17(8-10-18)22-20(24)14-25-19-11-5-16(21)6-12-19/h5-12,15H,2-4,13-14H2,1H3,(H,22,24)/t15-/m1/s1. The lowest BCUT2D eigenvalue weighted by atomic mass is 10.0. The molecule has 0 aromatic heterocycles. The lowest BCUT2D eigenvalue weighted by Gasteiger charge is -2.35. The van der Waals surface area contributed by atoms with Gasteiger partial charge in [-0.1, -0.05) is 11.6 Å². The van der Waals surface area contributed by atoms with Gasteiger partial charge in [-0.25, -0.2) is 0 Å². The Morgan fingerprint density at radius 1 is 1.16 bits per heavy atom. The summed E-state index contributed by atoms with van der Waals surface area (Å²) in [6.07, 6.45) is 3.78. The van der Waals surface area contributed by atoms with Gasteiger partial charge in [-0.05, 0) is 74.7 Å². The number of piperidine rings is 1. The number of hydrogen-bond donors (Lipinski definition) is 1. The molecule has 132 valence electrons. The first kappa shape index (κ1) is 17.6. The minimum absolute atomic E-state index is 0.0352. The van der Waals surface area contributed by atoms with Crippen LogP contribution in [0.5, 0.6) is 5.75 Å². The lowest BCUT2D eigenvalue weighted by Crippen LogP contribution is -2.37. The molecule has 1 heterocycles. The Balaban J connectivity index is 1.52.